The van der Waals surface area contributed by atoms with Crippen LogP contribution in [0.5, 0.6) is 0 Å². The lowest BCUT2D eigenvalue weighted by Gasteiger charge is -2.22. The molecule has 98 valence electrons. The number of hydrogen-bond donors (Lipinski definition) is 0. The summed E-state index contributed by atoms with van der Waals surface area (Å²) < 4.78 is 13.5. The zero-order valence-electron chi connectivity index (χ0n) is 10.5. The summed E-state index contributed by atoms with van der Waals surface area (Å²) in [4.78, 5) is 14.3. The molecule has 18 heavy (non-hydrogen) atoms. The van der Waals surface area contributed by atoms with Crippen molar-refractivity contribution >= 4 is 21.8 Å². The molecule has 1 aromatic carbocycles. The number of rotatable bonds is 5. The molecule has 1 amide bonds. The minimum atomic E-state index is -0.335. The fourth-order valence-corrected chi connectivity index (χ4v) is 2.34. The van der Waals surface area contributed by atoms with Gasteiger partial charge in [0.2, 0.25) is 0 Å². The standard InChI is InChI=1S/C14H17BrFNO/c1-2-3-8-17(11-5-6-11)14(18)10-4-7-13(16)12(15)9-10/h4,7,9,11H,2-3,5-6,8H2,1H3. The fourth-order valence-electron chi connectivity index (χ4n) is 1.96. The summed E-state index contributed by atoms with van der Waals surface area (Å²) >= 11 is 3.12. The summed E-state index contributed by atoms with van der Waals surface area (Å²) in [6.07, 6.45) is 4.28. The van der Waals surface area contributed by atoms with Crippen molar-refractivity contribution < 1.29 is 9.18 Å². The van der Waals surface area contributed by atoms with Crippen molar-refractivity contribution in [3.63, 3.8) is 0 Å². The van der Waals surface area contributed by atoms with Gasteiger partial charge in [-0.05, 0) is 53.4 Å². The quantitative estimate of drug-likeness (QED) is 0.804. The summed E-state index contributed by atoms with van der Waals surface area (Å²) in [6, 6.07) is 4.86. The molecule has 0 radical (unpaired) electrons. The minimum absolute atomic E-state index is 0.0200. The zero-order chi connectivity index (χ0) is 13.1. The maximum Gasteiger partial charge on any atom is 0.254 e. The average Bonchev–Trinajstić information content (AvgIpc) is 3.17. The number of unbranched alkanes of at least 4 members (excludes halogenated alkanes) is 1. The van der Waals surface area contributed by atoms with Crippen LogP contribution in [0.3, 0.4) is 0 Å². The topological polar surface area (TPSA) is 20.3 Å². The molecule has 2 nitrogen and oxygen atoms in total. The maximum atomic E-state index is 13.2. The number of carbonyl (C=O) groups excluding carboxylic acids is 1. The van der Waals surface area contributed by atoms with Crippen molar-refractivity contribution in [2.45, 2.75) is 38.6 Å². The largest absolute Gasteiger partial charge is 0.336 e. The summed E-state index contributed by atoms with van der Waals surface area (Å²) in [7, 11) is 0. The molecule has 0 heterocycles. The van der Waals surface area contributed by atoms with Crippen LogP contribution in [-0.4, -0.2) is 23.4 Å². The second-order valence-corrected chi connectivity index (χ2v) is 5.57. The Bertz CT molecular complexity index is 445. The van der Waals surface area contributed by atoms with E-state index in [1.165, 1.54) is 6.07 Å². The number of hydrogen-bond acceptors (Lipinski definition) is 1. The Hall–Kier alpha value is -0.900. The molecule has 1 fully saturated rings. The molecule has 1 aromatic rings. The highest BCUT2D eigenvalue weighted by molar-refractivity contribution is 9.10. The van der Waals surface area contributed by atoms with Gasteiger partial charge < -0.3 is 4.90 Å². The Balaban J connectivity index is 2.13. The second kappa shape index (κ2) is 5.83. The van der Waals surface area contributed by atoms with Crippen LogP contribution in [0.2, 0.25) is 0 Å². The Labute approximate surface area is 115 Å². The van der Waals surface area contributed by atoms with Gasteiger partial charge >= 0.3 is 0 Å². The Morgan fingerprint density at radius 1 is 1.50 bits per heavy atom. The summed E-state index contributed by atoms with van der Waals surface area (Å²) in [5.41, 5.74) is 0.561. The van der Waals surface area contributed by atoms with E-state index in [0.717, 1.165) is 32.2 Å². The van der Waals surface area contributed by atoms with E-state index in [2.05, 4.69) is 22.9 Å². The van der Waals surface area contributed by atoms with Crippen LogP contribution >= 0.6 is 15.9 Å². The highest BCUT2D eigenvalue weighted by Gasteiger charge is 2.32. The molecule has 0 saturated heterocycles. The normalized spacial score (nSPS) is 14.6. The third-order valence-corrected chi connectivity index (χ3v) is 3.78. The lowest BCUT2D eigenvalue weighted by atomic mass is 10.2. The van der Waals surface area contributed by atoms with Crippen molar-refractivity contribution in [3.8, 4) is 0 Å². The second-order valence-electron chi connectivity index (χ2n) is 4.71. The highest BCUT2D eigenvalue weighted by atomic mass is 79.9. The van der Waals surface area contributed by atoms with E-state index in [0.29, 0.717) is 16.1 Å². The summed E-state index contributed by atoms with van der Waals surface area (Å²) in [5.74, 6) is -0.315. The van der Waals surface area contributed by atoms with Crippen molar-refractivity contribution in [1.29, 1.82) is 0 Å². The smallest absolute Gasteiger partial charge is 0.254 e. The molecular weight excluding hydrogens is 297 g/mol. The highest BCUT2D eigenvalue weighted by Crippen LogP contribution is 2.29. The molecule has 1 aliphatic rings. The molecular formula is C14H17BrFNO. The van der Waals surface area contributed by atoms with Crippen LogP contribution in [0, 0.1) is 5.82 Å². The van der Waals surface area contributed by atoms with E-state index in [1.54, 1.807) is 12.1 Å². The molecule has 0 bridgehead atoms. The lowest BCUT2D eigenvalue weighted by molar-refractivity contribution is 0.0740. The van der Waals surface area contributed by atoms with E-state index in [-0.39, 0.29) is 11.7 Å². The molecule has 1 aliphatic carbocycles. The third kappa shape index (κ3) is 3.10. The van der Waals surface area contributed by atoms with Crippen molar-refractivity contribution in [1.82, 2.24) is 4.90 Å². The predicted molar refractivity (Wildman–Crippen MR) is 73.1 cm³/mol. The fraction of sp³-hybridized carbons (Fsp3) is 0.500. The molecule has 4 heteroatoms. The number of amides is 1. The van der Waals surface area contributed by atoms with Gasteiger partial charge in [-0.25, -0.2) is 4.39 Å². The molecule has 0 spiro atoms. The Kier molecular flexibility index (Phi) is 4.38. The molecule has 0 N–H and O–H groups in total. The van der Waals surface area contributed by atoms with E-state index >= 15 is 0 Å². The van der Waals surface area contributed by atoms with Gasteiger partial charge in [-0.2, -0.15) is 0 Å². The molecule has 1 saturated carbocycles. The summed E-state index contributed by atoms with van der Waals surface area (Å²) in [5, 5.41) is 0. The molecule has 0 unspecified atom stereocenters. The first-order valence-electron chi connectivity index (χ1n) is 6.39. The molecule has 2 rings (SSSR count). The van der Waals surface area contributed by atoms with Crippen LogP contribution < -0.4 is 0 Å². The molecule has 0 aromatic heterocycles. The molecule has 0 atom stereocenters. The minimum Gasteiger partial charge on any atom is -0.336 e. The van der Waals surface area contributed by atoms with Gasteiger partial charge in [-0.1, -0.05) is 13.3 Å². The van der Waals surface area contributed by atoms with Gasteiger partial charge in [0.05, 0.1) is 4.47 Å². The number of benzene rings is 1. The van der Waals surface area contributed by atoms with Gasteiger partial charge in [0.25, 0.3) is 5.91 Å². The predicted octanol–water partition coefficient (Wildman–Crippen LogP) is 3.99. The maximum absolute atomic E-state index is 13.2. The van der Waals surface area contributed by atoms with Crippen LogP contribution in [0.25, 0.3) is 0 Å². The van der Waals surface area contributed by atoms with E-state index in [9.17, 15) is 9.18 Å². The molecule has 0 aliphatic heterocycles. The van der Waals surface area contributed by atoms with Gasteiger partial charge in [0, 0.05) is 18.2 Å². The van der Waals surface area contributed by atoms with E-state index in [4.69, 9.17) is 0 Å². The van der Waals surface area contributed by atoms with Gasteiger partial charge in [-0.15, -0.1) is 0 Å². The van der Waals surface area contributed by atoms with Gasteiger partial charge in [0.1, 0.15) is 5.82 Å². The van der Waals surface area contributed by atoms with Crippen molar-refractivity contribution in [2.75, 3.05) is 6.54 Å². The zero-order valence-corrected chi connectivity index (χ0v) is 12.0. The van der Waals surface area contributed by atoms with Gasteiger partial charge in [-0.3, -0.25) is 4.79 Å². The number of nitrogens with zero attached hydrogens (tertiary/aromatic N) is 1. The number of halogens is 2. The first-order chi connectivity index (χ1) is 8.63. The Morgan fingerprint density at radius 2 is 2.22 bits per heavy atom. The third-order valence-electron chi connectivity index (χ3n) is 3.17. The lowest BCUT2D eigenvalue weighted by Crippen LogP contribution is -2.34. The van der Waals surface area contributed by atoms with Crippen LogP contribution in [0.15, 0.2) is 22.7 Å². The summed E-state index contributed by atoms with van der Waals surface area (Å²) in [6.45, 7) is 2.92. The van der Waals surface area contributed by atoms with E-state index < -0.39 is 0 Å². The van der Waals surface area contributed by atoms with Gasteiger partial charge in [0.15, 0.2) is 0 Å². The van der Waals surface area contributed by atoms with E-state index in [1.807, 2.05) is 4.90 Å². The average molecular weight is 314 g/mol. The first kappa shape index (κ1) is 13.5. The van der Waals surface area contributed by atoms with Crippen molar-refractivity contribution in [2.24, 2.45) is 0 Å². The SMILES string of the molecule is CCCCN(C(=O)c1ccc(F)c(Br)c1)C1CC1. The first-order valence-corrected chi connectivity index (χ1v) is 7.18. The monoisotopic (exact) mass is 313 g/mol. The van der Waals surface area contributed by atoms with Crippen molar-refractivity contribution in [3.05, 3.63) is 34.1 Å². The van der Waals surface area contributed by atoms with Crippen LogP contribution in [-0.2, 0) is 0 Å². The van der Waals surface area contributed by atoms with Crippen LogP contribution in [0.1, 0.15) is 43.0 Å². The van der Waals surface area contributed by atoms with Crippen LogP contribution in [0.4, 0.5) is 4.39 Å². The number of carbonyl (C=O) groups is 1. The Morgan fingerprint density at radius 3 is 2.78 bits per heavy atom.